The number of benzene rings is 2. The summed E-state index contributed by atoms with van der Waals surface area (Å²) in [5.41, 5.74) is 1.98. The van der Waals surface area contributed by atoms with Crippen molar-refractivity contribution in [1.82, 2.24) is 15.5 Å². The summed E-state index contributed by atoms with van der Waals surface area (Å²) in [6, 6.07) is 12.8. The van der Waals surface area contributed by atoms with Crippen LogP contribution in [0.4, 0.5) is 23.0 Å². The number of halogens is 3. The topological polar surface area (TPSA) is 119 Å². The van der Waals surface area contributed by atoms with Gasteiger partial charge in [-0.1, -0.05) is 23.2 Å². The number of fused-ring (bicyclic) bond motifs is 1. The van der Waals surface area contributed by atoms with E-state index in [0.717, 1.165) is 47.6 Å². The molecule has 202 valence electrons. The molecule has 0 bridgehead atoms. The van der Waals surface area contributed by atoms with Crippen LogP contribution < -0.4 is 19.4 Å². The normalized spacial score (nSPS) is 15.1. The number of carbonyl (C=O) groups is 1. The molecule has 0 amide bonds. The third kappa shape index (κ3) is 5.76. The third-order valence-corrected chi connectivity index (χ3v) is 8.49. The van der Waals surface area contributed by atoms with Gasteiger partial charge in [0, 0.05) is 48.5 Å². The molecule has 1 aromatic heterocycles. The van der Waals surface area contributed by atoms with Crippen molar-refractivity contribution in [3.05, 3.63) is 64.1 Å². The summed E-state index contributed by atoms with van der Waals surface area (Å²) < 4.78 is 27.7. The fraction of sp³-hybridized carbons (Fsp3) is 0.292. The fourth-order valence-electron chi connectivity index (χ4n) is 4.55. The quantitative estimate of drug-likeness (QED) is 0.420. The highest BCUT2D eigenvalue weighted by atomic mass is 35.5. The lowest BCUT2D eigenvalue weighted by atomic mass is 10.1. The van der Waals surface area contributed by atoms with Gasteiger partial charge in [0.25, 0.3) is 10.0 Å². The van der Waals surface area contributed by atoms with Gasteiger partial charge < -0.3 is 20.2 Å². The molecule has 5 rings (SSSR count). The average Bonchev–Trinajstić information content (AvgIpc) is 3.30. The molecule has 0 aliphatic carbocycles. The lowest BCUT2D eigenvalue weighted by Gasteiger charge is -2.28. The molecule has 3 aromatic rings. The Kier molecular flexibility index (Phi) is 8.53. The second-order valence-corrected chi connectivity index (χ2v) is 11.4. The van der Waals surface area contributed by atoms with E-state index < -0.39 is 22.5 Å². The number of carboxylic acids is 1. The van der Waals surface area contributed by atoms with E-state index in [2.05, 4.69) is 20.4 Å². The van der Waals surface area contributed by atoms with Crippen LogP contribution in [0.2, 0.25) is 10.0 Å². The molecule has 1 saturated heterocycles. The van der Waals surface area contributed by atoms with E-state index >= 15 is 0 Å². The smallest absolute Gasteiger partial charge is 0.324 e. The zero-order valence-electron chi connectivity index (χ0n) is 20.0. The number of anilines is 4. The third-order valence-electron chi connectivity index (χ3n) is 6.30. The van der Waals surface area contributed by atoms with Crippen LogP contribution in [0.25, 0.3) is 0 Å². The molecular formula is C24H25Cl3N6O4S. The highest BCUT2D eigenvalue weighted by Crippen LogP contribution is 2.37. The number of carboxylic acid groups (broad SMARTS) is 1. The van der Waals surface area contributed by atoms with Gasteiger partial charge in [0.15, 0.2) is 11.6 Å². The highest BCUT2D eigenvalue weighted by Gasteiger charge is 2.30. The minimum atomic E-state index is -4.25. The summed E-state index contributed by atoms with van der Waals surface area (Å²) >= 11 is 12.0. The van der Waals surface area contributed by atoms with Crippen LogP contribution in [0.3, 0.4) is 0 Å². The summed E-state index contributed by atoms with van der Waals surface area (Å²) in [6.45, 7) is 3.44. The molecule has 2 N–H and O–H groups in total. The Balaban J connectivity index is 0.00000336. The van der Waals surface area contributed by atoms with Gasteiger partial charge >= 0.3 is 5.97 Å². The van der Waals surface area contributed by atoms with Crippen molar-refractivity contribution in [2.24, 2.45) is 0 Å². The predicted molar refractivity (Wildman–Crippen MR) is 150 cm³/mol. The first kappa shape index (κ1) is 28.2. The molecule has 10 nitrogen and oxygen atoms in total. The maximum absolute atomic E-state index is 13.4. The Morgan fingerprint density at radius 1 is 0.974 bits per heavy atom. The second kappa shape index (κ2) is 11.5. The van der Waals surface area contributed by atoms with Crippen LogP contribution in [-0.2, 0) is 21.2 Å². The van der Waals surface area contributed by atoms with E-state index in [4.69, 9.17) is 23.2 Å². The largest absolute Gasteiger partial charge is 0.480 e. The minimum Gasteiger partial charge on any atom is -0.480 e. The Hall–Kier alpha value is -2.83. The molecule has 38 heavy (non-hydrogen) atoms. The average molecular weight is 600 g/mol. The van der Waals surface area contributed by atoms with E-state index in [1.807, 2.05) is 17.0 Å². The number of nitrogens with zero attached hydrogens (tertiary/aromatic N) is 5. The standard InChI is InChI=1S/C24H24Cl2N6O4S.ClH/c25-17-12-18(26)14-20(13-17)37(35,36)32(15-24(33)34)19-1-2-21-16(11-19)5-8-31(21)23-4-3-22(28-29-23)30-9-6-27-7-10-30;/h1-4,11-14,27H,5-10,15H2,(H,33,34);1H. The number of hydrogen-bond acceptors (Lipinski definition) is 8. The summed E-state index contributed by atoms with van der Waals surface area (Å²) in [7, 11) is -4.25. The molecule has 2 aromatic carbocycles. The van der Waals surface area contributed by atoms with E-state index in [0.29, 0.717) is 18.8 Å². The van der Waals surface area contributed by atoms with E-state index in [-0.39, 0.29) is 33.0 Å². The molecule has 0 saturated carbocycles. The monoisotopic (exact) mass is 598 g/mol. The summed E-state index contributed by atoms with van der Waals surface area (Å²) in [4.78, 5) is 15.6. The molecule has 2 aliphatic rings. The second-order valence-electron chi connectivity index (χ2n) is 8.71. The zero-order valence-corrected chi connectivity index (χ0v) is 23.2. The van der Waals surface area contributed by atoms with Gasteiger partial charge in [-0.15, -0.1) is 22.6 Å². The lowest BCUT2D eigenvalue weighted by molar-refractivity contribution is -0.135. The first-order valence-corrected chi connectivity index (χ1v) is 13.8. The van der Waals surface area contributed by atoms with Crippen LogP contribution >= 0.6 is 35.6 Å². The van der Waals surface area contributed by atoms with Crippen LogP contribution in [-0.4, -0.2) is 69.0 Å². The SMILES string of the molecule is Cl.O=C(O)CN(c1ccc2c(c1)CCN2c1ccc(N2CCNCC2)nn1)S(=O)(=O)c1cc(Cl)cc(Cl)c1. The van der Waals surface area contributed by atoms with E-state index in [1.54, 1.807) is 18.2 Å². The summed E-state index contributed by atoms with van der Waals surface area (Å²) in [5.74, 6) is 0.225. The van der Waals surface area contributed by atoms with Crippen molar-refractivity contribution in [2.75, 3.05) is 53.4 Å². The highest BCUT2D eigenvalue weighted by molar-refractivity contribution is 7.92. The molecule has 3 heterocycles. The van der Waals surface area contributed by atoms with E-state index in [9.17, 15) is 18.3 Å². The van der Waals surface area contributed by atoms with Crippen molar-refractivity contribution in [1.29, 1.82) is 0 Å². The Morgan fingerprint density at radius 3 is 2.26 bits per heavy atom. The maximum atomic E-state index is 13.4. The number of aromatic nitrogens is 2. The van der Waals surface area contributed by atoms with Crippen LogP contribution in [0.15, 0.2) is 53.4 Å². The van der Waals surface area contributed by atoms with E-state index in [1.165, 1.54) is 18.2 Å². The van der Waals surface area contributed by atoms with Gasteiger partial charge in [-0.3, -0.25) is 9.10 Å². The number of piperazine rings is 1. The molecule has 0 radical (unpaired) electrons. The molecule has 0 atom stereocenters. The molecule has 14 heteroatoms. The van der Waals surface area contributed by atoms with Gasteiger partial charge in [0.2, 0.25) is 0 Å². The molecular weight excluding hydrogens is 575 g/mol. The zero-order chi connectivity index (χ0) is 26.2. The van der Waals surface area contributed by atoms with Crippen molar-refractivity contribution in [2.45, 2.75) is 11.3 Å². The molecule has 2 aliphatic heterocycles. The minimum absolute atomic E-state index is 0. The number of hydrogen-bond donors (Lipinski definition) is 2. The number of nitrogens with one attached hydrogen (secondary N) is 1. The number of sulfonamides is 1. The van der Waals surface area contributed by atoms with Crippen molar-refractivity contribution >= 4 is 74.6 Å². The van der Waals surface area contributed by atoms with Gasteiger partial charge in [-0.2, -0.15) is 0 Å². The lowest BCUT2D eigenvalue weighted by Crippen LogP contribution is -2.44. The van der Waals surface area contributed by atoms with Gasteiger partial charge in [0.1, 0.15) is 6.54 Å². The predicted octanol–water partition coefficient (Wildman–Crippen LogP) is 3.59. The Bertz CT molecular complexity index is 1420. The van der Waals surface area contributed by atoms with Crippen LogP contribution in [0, 0.1) is 0 Å². The maximum Gasteiger partial charge on any atom is 0.324 e. The Morgan fingerprint density at radius 2 is 1.63 bits per heavy atom. The number of aliphatic carboxylic acids is 1. The number of rotatable bonds is 7. The van der Waals surface area contributed by atoms with Crippen molar-refractivity contribution < 1.29 is 18.3 Å². The fourth-order valence-corrected chi connectivity index (χ4v) is 6.68. The first-order valence-electron chi connectivity index (χ1n) is 11.6. The van der Waals surface area contributed by atoms with Gasteiger partial charge in [-0.05, 0) is 60.5 Å². The molecule has 1 fully saturated rings. The van der Waals surface area contributed by atoms with Gasteiger partial charge in [0.05, 0.1) is 10.6 Å². The van der Waals surface area contributed by atoms with Gasteiger partial charge in [-0.25, -0.2) is 8.42 Å². The van der Waals surface area contributed by atoms with Crippen molar-refractivity contribution in [3.8, 4) is 0 Å². The van der Waals surface area contributed by atoms with Crippen LogP contribution in [0.1, 0.15) is 5.56 Å². The molecule has 0 unspecified atom stereocenters. The molecule has 0 spiro atoms. The Labute approximate surface area is 236 Å². The summed E-state index contributed by atoms with van der Waals surface area (Å²) in [5, 5.41) is 21.9. The summed E-state index contributed by atoms with van der Waals surface area (Å²) in [6.07, 6.45) is 0.633. The first-order chi connectivity index (χ1) is 17.7. The van der Waals surface area contributed by atoms with Crippen molar-refractivity contribution in [3.63, 3.8) is 0 Å². The van der Waals surface area contributed by atoms with Crippen LogP contribution in [0.5, 0.6) is 0 Å².